The number of rotatable bonds is 4. The van der Waals surface area contributed by atoms with Crippen molar-refractivity contribution in [1.29, 1.82) is 0 Å². The van der Waals surface area contributed by atoms with Crippen LogP contribution in [-0.4, -0.2) is 21.1 Å². The Morgan fingerprint density at radius 3 is 2.74 bits per heavy atom. The van der Waals surface area contributed by atoms with Crippen molar-refractivity contribution >= 4 is 27.3 Å². The molecule has 0 spiro atoms. The summed E-state index contributed by atoms with van der Waals surface area (Å²) < 4.78 is 33.5. The third-order valence-electron chi connectivity index (χ3n) is 3.89. The fourth-order valence-electron chi connectivity index (χ4n) is 2.97. The lowest BCUT2D eigenvalue weighted by Crippen LogP contribution is -2.36. The van der Waals surface area contributed by atoms with E-state index in [9.17, 15) is 8.42 Å². The first-order valence-electron chi connectivity index (χ1n) is 7.50. The molecule has 0 saturated heterocycles. The van der Waals surface area contributed by atoms with Gasteiger partial charge in [-0.3, -0.25) is 4.31 Å². The summed E-state index contributed by atoms with van der Waals surface area (Å²) in [6.07, 6.45) is 0.694. The van der Waals surface area contributed by atoms with E-state index in [2.05, 4.69) is 0 Å². The third-order valence-corrected chi connectivity index (χ3v) is 6.07. The molecule has 1 aliphatic rings. The van der Waals surface area contributed by atoms with Crippen molar-refractivity contribution in [2.24, 2.45) is 0 Å². The van der Waals surface area contributed by atoms with E-state index in [-0.39, 0.29) is 10.9 Å². The number of anilines is 1. The number of benzene rings is 2. The van der Waals surface area contributed by atoms with Gasteiger partial charge in [-0.1, -0.05) is 29.8 Å². The number of sulfonamides is 1. The molecule has 6 heteroatoms. The Hall–Kier alpha value is -1.72. The van der Waals surface area contributed by atoms with Gasteiger partial charge in [-0.05, 0) is 50.1 Å². The molecule has 0 saturated carbocycles. The SMILES string of the molecule is CCOc1ccc(Cl)cc1S(=O)(=O)N1c2ccccc2CC1C. The van der Waals surface area contributed by atoms with Crippen molar-refractivity contribution in [3.8, 4) is 5.75 Å². The number of nitrogens with zero attached hydrogens (tertiary/aromatic N) is 1. The second-order valence-corrected chi connectivity index (χ2v) is 7.73. The van der Waals surface area contributed by atoms with Crippen molar-refractivity contribution in [3.63, 3.8) is 0 Å². The van der Waals surface area contributed by atoms with Gasteiger partial charge in [0.15, 0.2) is 0 Å². The van der Waals surface area contributed by atoms with Gasteiger partial charge in [0.1, 0.15) is 10.6 Å². The van der Waals surface area contributed by atoms with Gasteiger partial charge >= 0.3 is 0 Å². The number of hydrogen-bond acceptors (Lipinski definition) is 3. The van der Waals surface area contributed by atoms with Crippen molar-refractivity contribution < 1.29 is 13.2 Å². The molecule has 4 nitrogen and oxygen atoms in total. The molecule has 0 fully saturated rings. The third kappa shape index (κ3) is 2.79. The molecule has 23 heavy (non-hydrogen) atoms. The second kappa shape index (κ2) is 6.06. The smallest absolute Gasteiger partial charge is 0.268 e. The molecule has 1 unspecified atom stereocenters. The maximum absolute atomic E-state index is 13.2. The largest absolute Gasteiger partial charge is 0.492 e. The topological polar surface area (TPSA) is 46.6 Å². The fourth-order valence-corrected chi connectivity index (χ4v) is 5.06. The first-order chi connectivity index (χ1) is 10.9. The quantitative estimate of drug-likeness (QED) is 0.839. The standard InChI is InChI=1S/C17H18ClNO3S/c1-3-22-16-9-8-14(18)11-17(16)23(20,21)19-12(2)10-13-6-4-5-7-15(13)19/h4-9,11-12H,3,10H2,1-2H3. The molecule has 0 aliphatic carbocycles. The number of halogens is 1. The summed E-state index contributed by atoms with van der Waals surface area (Å²) in [7, 11) is -3.75. The molecule has 0 amide bonds. The van der Waals surface area contributed by atoms with Crippen LogP contribution in [0.4, 0.5) is 5.69 Å². The summed E-state index contributed by atoms with van der Waals surface area (Å²) in [4.78, 5) is 0.107. The molecule has 3 rings (SSSR count). The van der Waals surface area contributed by atoms with Crippen LogP contribution < -0.4 is 9.04 Å². The van der Waals surface area contributed by atoms with E-state index in [4.69, 9.17) is 16.3 Å². The minimum Gasteiger partial charge on any atom is -0.492 e. The van der Waals surface area contributed by atoms with E-state index in [0.717, 1.165) is 11.3 Å². The zero-order valence-corrected chi connectivity index (χ0v) is 14.6. The van der Waals surface area contributed by atoms with Crippen molar-refractivity contribution in [3.05, 3.63) is 53.1 Å². The van der Waals surface area contributed by atoms with E-state index in [0.29, 0.717) is 23.8 Å². The molecule has 1 atom stereocenters. The first kappa shape index (κ1) is 16.1. The van der Waals surface area contributed by atoms with Gasteiger partial charge < -0.3 is 4.74 Å². The molecular weight excluding hydrogens is 334 g/mol. The molecule has 0 N–H and O–H groups in total. The highest BCUT2D eigenvalue weighted by atomic mass is 35.5. The Bertz CT molecular complexity index is 835. The average molecular weight is 352 g/mol. The molecule has 0 aromatic heterocycles. The predicted molar refractivity (Wildman–Crippen MR) is 91.9 cm³/mol. The molecule has 1 aliphatic heterocycles. The summed E-state index contributed by atoms with van der Waals surface area (Å²) in [6, 6.07) is 12.1. The Kier molecular flexibility index (Phi) is 4.25. The van der Waals surface area contributed by atoms with E-state index >= 15 is 0 Å². The van der Waals surface area contributed by atoms with Gasteiger partial charge in [-0.2, -0.15) is 0 Å². The predicted octanol–water partition coefficient (Wildman–Crippen LogP) is 3.88. The van der Waals surface area contributed by atoms with Crippen LogP contribution in [0.2, 0.25) is 5.02 Å². The number of hydrogen-bond donors (Lipinski definition) is 0. The van der Waals surface area contributed by atoms with Crippen LogP contribution in [0.25, 0.3) is 0 Å². The van der Waals surface area contributed by atoms with Crippen LogP contribution in [-0.2, 0) is 16.4 Å². The van der Waals surface area contributed by atoms with Crippen LogP contribution >= 0.6 is 11.6 Å². The van der Waals surface area contributed by atoms with Crippen molar-refractivity contribution in [1.82, 2.24) is 0 Å². The lowest BCUT2D eigenvalue weighted by atomic mass is 10.1. The Morgan fingerprint density at radius 1 is 1.26 bits per heavy atom. The van der Waals surface area contributed by atoms with Gasteiger partial charge in [0.05, 0.1) is 12.3 Å². The van der Waals surface area contributed by atoms with Gasteiger partial charge in [-0.25, -0.2) is 8.42 Å². The summed E-state index contributed by atoms with van der Waals surface area (Å²) in [5.74, 6) is 0.327. The highest BCUT2D eigenvalue weighted by Crippen LogP contribution is 2.39. The Labute approximate surface area is 141 Å². The monoisotopic (exact) mass is 351 g/mol. The number of fused-ring (bicyclic) bond motifs is 1. The Morgan fingerprint density at radius 2 is 2.00 bits per heavy atom. The Balaban J connectivity index is 2.15. The number of ether oxygens (including phenoxy) is 1. The lowest BCUT2D eigenvalue weighted by molar-refractivity contribution is 0.331. The van der Waals surface area contributed by atoms with E-state index in [1.165, 1.54) is 10.4 Å². The highest BCUT2D eigenvalue weighted by Gasteiger charge is 2.37. The van der Waals surface area contributed by atoms with Crippen LogP contribution in [0.1, 0.15) is 19.4 Å². The van der Waals surface area contributed by atoms with Crippen LogP contribution in [0.15, 0.2) is 47.4 Å². The van der Waals surface area contributed by atoms with Crippen LogP contribution in [0.3, 0.4) is 0 Å². The minimum atomic E-state index is -3.75. The molecule has 2 aromatic rings. The minimum absolute atomic E-state index is 0.107. The van der Waals surface area contributed by atoms with Gasteiger partial charge in [0, 0.05) is 11.1 Å². The maximum Gasteiger partial charge on any atom is 0.268 e. The highest BCUT2D eigenvalue weighted by molar-refractivity contribution is 7.93. The molecular formula is C17H18ClNO3S. The second-order valence-electron chi connectivity index (χ2n) is 5.51. The lowest BCUT2D eigenvalue weighted by Gasteiger charge is -2.25. The summed E-state index contributed by atoms with van der Waals surface area (Å²) >= 11 is 6.03. The maximum atomic E-state index is 13.2. The van der Waals surface area contributed by atoms with Crippen LogP contribution in [0, 0.1) is 0 Å². The summed E-state index contributed by atoms with van der Waals surface area (Å²) in [6.45, 7) is 4.11. The summed E-state index contributed by atoms with van der Waals surface area (Å²) in [5.41, 5.74) is 1.76. The van der Waals surface area contributed by atoms with E-state index in [1.807, 2.05) is 38.1 Å². The van der Waals surface area contributed by atoms with Gasteiger partial charge in [0.25, 0.3) is 10.0 Å². The molecule has 2 aromatic carbocycles. The molecule has 122 valence electrons. The summed E-state index contributed by atoms with van der Waals surface area (Å²) in [5, 5.41) is 0.368. The normalized spacial score (nSPS) is 17.2. The van der Waals surface area contributed by atoms with Crippen molar-refractivity contribution in [2.75, 3.05) is 10.9 Å². The number of para-hydroxylation sites is 1. The van der Waals surface area contributed by atoms with E-state index in [1.54, 1.807) is 12.1 Å². The first-order valence-corrected chi connectivity index (χ1v) is 9.31. The zero-order chi connectivity index (χ0) is 16.6. The fraction of sp³-hybridized carbons (Fsp3) is 0.294. The van der Waals surface area contributed by atoms with Crippen LogP contribution in [0.5, 0.6) is 5.75 Å². The van der Waals surface area contributed by atoms with Gasteiger partial charge in [-0.15, -0.1) is 0 Å². The molecule has 0 bridgehead atoms. The van der Waals surface area contributed by atoms with Gasteiger partial charge in [0.2, 0.25) is 0 Å². The average Bonchev–Trinajstić information content (AvgIpc) is 2.85. The molecule has 1 heterocycles. The van der Waals surface area contributed by atoms with E-state index < -0.39 is 10.0 Å². The zero-order valence-electron chi connectivity index (χ0n) is 13.0. The molecule has 0 radical (unpaired) electrons. The van der Waals surface area contributed by atoms with Crippen molar-refractivity contribution in [2.45, 2.75) is 31.2 Å².